The van der Waals surface area contributed by atoms with Gasteiger partial charge in [0.05, 0.1) is 5.56 Å². The number of rotatable bonds is 4. The van der Waals surface area contributed by atoms with Gasteiger partial charge < -0.3 is 14.5 Å². The average molecular weight is 415 g/mol. The highest BCUT2D eigenvalue weighted by Crippen LogP contribution is 2.32. The number of nitrogens with zero attached hydrogens (tertiary/aromatic N) is 3. The van der Waals surface area contributed by atoms with Crippen molar-refractivity contribution in [1.82, 2.24) is 19.4 Å². The summed E-state index contributed by atoms with van der Waals surface area (Å²) >= 11 is 0. The molecule has 6 nitrogen and oxygen atoms in total. The van der Waals surface area contributed by atoms with Crippen molar-refractivity contribution >= 4 is 27.7 Å². The van der Waals surface area contributed by atoms with Gasteiger partial charge in [-0.15, -0.1) is 0 Å². The van der Waals surface area contributed by atoms with Crippen molar-refractivity contribution in [3.63, 3.8) is 0 Å². The Kier molecular flexibility index (Phi) is 5.06. The van der Waals surface area contributed by atoms with E-state index < -0.39 is 0 Å². The summed E-state index contributed by atoms with van der Waals surface area (Å²) in [7, 11) is 1.91. The second kappa shape index (κ2) is 8.02. The number of hydrogen-bond donors (Lipinski definition) is 1. The van der Waals surface area contributed by atoms with Crippen LogP contribution in [-0.4, -0.2) is 20.0 Å². The Bertz CT molecular complexity index is 1310. The van der Waals surface area contributed by atoms with Crippen LogP contribution < -0.4 is 10.9 Å². The Hall–Kier alpha value is -3.41. The van der Waals surface area contributed by atoms with Gasteiger partial charge in [-0.2, -0.15) is 0 Å². The molecule has 0 atom stereocenters. The van der Waals surface area contributed by atoms with E-state index in [1.165, 1.54) is 6.42 Å². The summed E-state index contributed by atoms with van der Waals surface area (Å²) in [6.45, 7) is 0.390. The van der Waals surface area contributed by atoms with Crippen LogP contribution in [0.5, 0.6) is 0 Å². The van der Waals surface area contributed by atoms with Crippen molar-refractivity contribution < 1.29 is 4.79 Å². The minimum atomic E-state index is -0.172. The fraction of sp³-hybridized carbons (Fsp3) is 0.320. The molecule has 0 bridgehead atoms. The molecule has 1 amide bonds. The standard InChI is InChI=1S/C25H26N4O2/c1-28-21-12-6-5-11-19(21)22-20(24(30)27-15-17-8-7-13-26-14-17)16-29(25(31)23(22)28)18-9-3-2-4-10-18/h5-8,11-14,16,18H,2-4,9-10,15H2,1H3,(H,27,30). The summed E-state index contributed by atoms with van der Waals surface area (Å²) in [5.41, 5.74) is 3.04. The maximum atomic E-state index is 13.6. The highest BCUT2D eigenvalue weighted by atomic mass is 16.2. The van der Waals surface area contributed by atoms with Crippen molar-refractivity contribution in [2.75, 3.05) is 0 Å². The molecule has 31 heavy (non-hydrogen) atoms. The quantitative estimate of drug-likeness (QED) is 0.541. The maximum Gasteiger partial charge on any atom is 0.275 e. The van der Waals surface area contributed by atoms with Crippen LogP contribution in [0.2, 0.25) is 0 Å². The second-order valence-electron chi connectivity index (χ2n) is 8.39. The van der Waals surface area contributed by atoms with Crippen molar-refractivity contribution in [1.29, 1.82) is 0 Å². The lowest BCUT2D eigenvalue weighted by Gasteiger charge is -2.25. The average Bonchev–Trinajstić information content (AvgIpc) is 3.12. The van der Waals surface area contributed by atoms with E-state index in [-0.39, 0.29) is 17.5 Å². The Labute approximate surface area is 180 Å². The smallest absolute Gasteiger partial charge is 0.275 e. The summed E-state index contributed by atoms with van der Waals surface area (Å²) in [6, 6.07) is 11.8. The lowest BCUT2D eigenvalue weighted by molar-refractivity contribution is 0.0951. The number of carbonyl (C=O) groups excluding carboxylic acids is 1. The topological polar surface area (TPSA) is 68.9 Å². The first-order chi connectivity index (χ1) is 15.1. The van der Waals surface area contributed by atoms with Crippen LogP contribution >= 0.6 is 0 Å². The van der Waals surface area contributed by atoms with E-state index in [1.807, 2.05) is 52.6 Å². The van der Waals surface area contributed by atoms with E-state index in [0.29, 0.717) is 17.6 Å². The molecule has 0 spiro atoms. The summed E-state index contributed by atoms with van der Waals surface area (Å²) in [5.74, 6) is -0.172. The molecule has 1 saturated carbocycles. The van der Waals surface area contributed by atoms with Crippen molar-refractivity contribution in [3.8, 4) is 0 Å². The zero-order valence-corrected chi connectivity index (χ0v) is 17.7. The van der Waals surface area contributed by atoms with Crippen LogP contribution in [-0.2, 0) is 13.6 Å². The van der Waals surface area contributed by atoms with E-state index in [2.05, 4.69) is 10.3 Å². The number of carbonyl (C=O) groups is 1. The summed E-state index contributed by atoms with van der Waals surface area (Å²) in [5, 5.41) is 4.69. The van der Waals surface area contributed by atoms with Gasteiger partial charge in [-0.05, 0) is 30.5 Å². The SMILES string of the molecule is Cn1c2ccccc2c2c(C(=O)NCc3cccnc3)cn(C3CCCCC3)c(=O)c21. The van der Waals surface area contributed by atoms with E-state index in [4.69, 9.17) is 0 Å². The Morgan fingerprint density at radius 2 is 1.94 bits per heavy atom. The molecule has 1 N–H and O–H groups in total. The predicted molar refractivity (Wildman–Crippen MR) is 122 cm³/mol. The van der Waals surface area contributed by atoms with Crippen LogP contribution in [0.15, 0.2) is 59.8 Å². The second-order valence-corrected chi connectivity index (χ2v) is 8.39. The molecule has 5 rings (SSSR count). The number of amides is 1. The fourth-order valence-electron chi connectivity index (χ4n) is 4.88. The van der Waals surface area contributed by atoms with Gasteiger partial charge in [0, 0.05) is 54.5 Å². The normalized spacial score (nSPS) is 14.9. The van der Waals surface area contributed by atoms with Crippen LogP contribution in [0.4, 0.5) is 0 Å². The first-order valence-corrected chi connectivity index (χ1v) is 10.9. The van der Waals surface area contributed by atoms with Gasteiger partial charge >= 0.3 is 0 Å². The summed E-state index contributed by atoms with van der Waals surface area (Å²) in [6.07, 6.45) is 10.7. The molecule has 0 saturated heterocycles. The van der Waals surface area contributed by atoms with E-state index in [0.717, 1.165) is 47.5 Å². The van der Waals surface area contributed by atoms with Crippen LogP contribution in [0.3, 0.4) is 0 Å². The molecule has 3 heterocycles. The zero-order chi connectivity index (χ0) is 21.4. The third kappa shape index (κ3) is 3.42. The summed E-state index contributed by atoms with van der Waals surface area (Å²) in [4.78, 5) is 31.1. The molecule has 3 aromatic heterocycles. The lowest BCUT2D eigenvalue weighted by Crippen LogP contribution is -2.30. The lowest BCUT2D eigenvalue weighted by atomic mass is 9.95. The molecular formula is C25H26N4O2. The van der Waals surface area contributed by atoms with Gasteiger partial charge in [-0.3, -0.25) is 14.6 Å². The summed E-state index contributed by atoms with van der Waals surface area (Å²) < 4.78 is 3.75. The van der Waals surface area contributed by atoms with E-state index in [9.17, 15) is 9.59 Å². The van der Waals surface area contributed by atoms with E-state index >= 15 is 0 Å². The molecule has 0 radical (unpaired) electrons. The van der Waals surface area contributed by atoms with Gasteiger partial charge in [-0.1, -0.05) is 43.5 Å². The van der Waals surface area contributed by atoms with Gasteiger partial charge in [0.1, 0.15) is 5.52 Å². The van der Waals surface area contributed by atoms with Crippen molar-refractivity contribution in [2.24, 2.45) is 7.05 Å². The number of para-hydroxylation sites is 1. The minimum absolute atomic E-state index is 0.00981. The van der Waals surface area contributed by atoms with Crippen LogP contribution in [0, 0.1) is 0 Å². The molecule has 6 heteroatoms. The zero-order valence-electron chi connectivity index (χ0n) is 17.7. The van der Waals surface area contributed by atoms with Gasteiger partial charge in [0.2, 0.25) is 0 Å². The number of hydrogen-bond acceptors (Lipinski definition) is 3. The molecule has 1 fully saturated rings. The number of pyridine rings is 2. The highest BCUT2D eigenvalue weighted by Gasteiger charge is 2.24. The first-order valence-electron chi connectivity index (χ1n) is 10.9. The Balaban J connectivity index is 1.67. The van der Waals surface area contributed by atoms with Crippen molar-refractivity contribution in [3.05, 3.63) is 76.5 Å². The molecule has 4 aromatic rings. The minimum Gasteiger partial charge on any atom is -0.348 e. The van der Waals surface area contributed by atoms with Gasteiger partial charge in [-0.25, -0.2) is 0 Å². The predicted octanol–water partition coefficient (Wildman–Crippen LogP) is 4.32. The first kappa shape index (κ1) is 19.5. The molecule has 0 aliphatic heterocycles. The number of aromatic nitrogens is 3. The third-order valence-electron chi connectivity index (χ3n) is 6.47. The number of fused-ring (bicyclic) bond motifs is 3. The van der Waals surface area contributed by atoms with Gasteiger partial charge in [0.15, 0.2) is 0 Å². The number of aryl methyl sites for hydroxylation is 1. The highest BCUT2D eigenvalue weighted by molar-refractivity contribution is 6.17. The van der Waals surface area contributed by atoms with Gasteiger partial charge in [0.25, 0.3) is 11.5 Å². The number of nitrogens with one attached hydrogen (secondary N) is 1. The maximum absolute atomic E-state index is 13.6. The molecule has 1 aliphatic carbocycles. The van der Waals surface area contributed by atoms with Crippen molar-refractivity contribution in [2.45, 2.75) is 44.7 Å². The molecule has 1 aromatic carbocycles. The largest absolute Gasteiger partial charge is 0.348 e. The third-order valence-corrected chi connectivity index (χ3v) is 6.47. The molecule has 158 valence electrons. The molecule has 1 aliphatic rings. The Morgan fingerprint density at radius 3 is 2.71 bits per heavy atom. The monoisotopic (exact) mass is 414 g/mol. The Morgan fingerprint density at radius 1 is 1.13 bits per heavy atom. The van der Waals surface area contributed by atoms with Crippen LogP contribution in [0.1, 0.15) is 54.1 Å². The van der Waals surface area contributed by atoms with Crippen LogP contribution in [0.25, 0.3) is 21.8 Å². The fourth-order valence-corrected chi connectivity index (χ4v) is 4.88. The molecular weight excluding hydrogens is 388 g/mol. The number of benzene rings is 1. The van der Waals surface area contributed by atoms with E-state index in [1.54, 1.807) is 18.6 Å². The molecule has 0 unspecified atom stereocenters.